The summed E-state index contributed by atoms with van der Waals surface area (Å²) in [6, 6.07) is 1.41. The molecule has 0 saturated carbocycles. The Kier molecular flexibility index (Phi) is 3.76. The maximum atomic E-state index is 12.5. The molecule has 1 amide bonds. The summed E-state index contributed by atoms with van der Waals surface area (Å²) in [7, 11) is -2.91. The highest BCUT2D eigenvalue weighted by molar-refractivity contribution is 7.91. The van der Waals surface area contributed by atoms with E-state index < -0.39 is 15.8 Å². The van der Waals surface area contributed by atoms with Crippen molar-refractivity contribution in [3.8, 4) is 0 Å². The van der Waals surface area contributed by atoms with Crippen LogP contribution in [0.4, 0.5) is 0 Å². The van der Waals surface area contributed by atoms with Gasteiger partial charge in [-0.2, -0.15) is 0 Å². The van der Waals surface area contributed by atoms with Crippen molar-refractivity contribution in [2.24, 2.45) is 5.41 Å². The molecule has 2 aliphatic rings. The Labute approximate surface area is 132 Å². The van der Waals surface area contributed by atoms with Gasteiger partial charge >= 0.3 is 5.97 Å². The van der Waals surface area contributed by atoms with Gasteiger partial charge in [-0.25, -0.2) is 13.2 Å². The molecule has 2 fully saturated rings. The van der Waals surface area contributed by atoms with E-state index in [1.54, 1.807) is 10.3 Å². The second-order valence-electron chi connectivity index (χ2n) is 6.13. The lowest BCUT2D eigenvalue weighted by Gasteiger charge is -2.32. The summed E-state index contributed by atoms with van der Waals surface area (Å²) in [5.74, 6) is -0.777. The van der Waals surface area contributed by atoms with Gasteiger partial charge in [-0.1, -0.05) is 0 Å². The summed E-state index contributed by atoms with van der Waals surface area (Å²) < 4.78 is 23.1. The van der Waals surface area contributed by atoms with Crippen LogP contribution in [-0.4, -0.2) is 54.9 Å². The highest BCUT2D eigenvalue weighted by Crippen LogP contribution is 2.41. The maximum absolute atomic E-state index is 12.5. The van der Waals surface area contributed by atoms with Crippen molar-refractivity contribution < 1.29 is 23.1 Å². The number of rotatable bonds is 2. The number of hydrogen-bond donors (Lipinski definition) is 1. The minimum Gasteiger partial charge on any atom is -0.477 e. The third kappa shape index (κ3) is 2.89. The molecule has 0 aliphatic carbocycles. The topological polar surface area (TPSA) is 91.8 Å². The number of carboxylic acids is 1. The minimum absolute atomic E-state index is 0.0768. The van der Waals surface area contributed by atoms with E-state index in [1.165, 1.54) is 6.07 Å². The van der Waals surface area contributed by atoms with E-state index in [1.807, 2.05) is 0 Å². The molecular formula is C14H17NO5S2. The fourth-order valence-electron chi connectivity index (χ4n) is 3.23. The Hall–Kier alpha value is -1.41. The first kappa shape index (κ1) is 15.5. The standard InChI is InChI=1S/C14H17NO5S2/c16-12(10-7-11(13(17)18)21-8-10)15-4-1-14(9-15)2-5-22(19,20)6-3-14/h7-8H,1-6,9H2,(H,17,18). The quantitative estimate of drug-likeness (QED) is 0.878. The highest BCUT2D eigenvalue weighted by atomic mass is 32.2. The molecule has 120 valence electrons. The molecular weight excluding hydrogens is 326 g/mol. The zero-order valence-corrected chi connectivity index (χ0v) is 13.6. The third-order valence-corrected chi connectivity index (χ3v) is 7.24. The van der Waals surface area contributed by atoms with Gasteiger partial charge in [0.1, 0.15) is 14.7 Å². The first-order valence-electron chi connectivity index (χ1n) is 7.12. The molecule has 22 heavy (non-hydrogen) atoms. The Morgan fingerprint density at radius 2 is 1.91 bits per heavy atom. The zero-order valence-electron chi connectivity index (χ0n) is 11.9. The van der Waals surface area contributed by atoms with Crippen LogP contribution in [0.15, 0.2) is 11.4 Å². The average Bonchev–Trinajstić information content (AvgIpc) is 3.10. The van der Waals surface area contributed by atoms with Crippen molar-refractivity contribution in [2.45, 2.75) is 19.3 Å². The van der Waals surface area contributed by atoms with E-state index in [2.05, 4.69) is 0 Å². The normalized spacial score (nSPS) is 22.8. The lowest BCUT2D eigenvalue weighted by Crippen LogP contribution is -2.37. The molecule has 1 aromatic rings. The van der Waals surface area contributed by atoms with E-state index >= 15 is 0 Å². The zero-order chi connectivity index (χ0) is 16.0. The summed E-state index contributed by atoms with van der Waals surface area (Å²) in [6.45, 7) is 1.18. The van der Waals surface area contributed by atoms with Crippen molar-refractivity contribution in [3.05, 3.63) is 21.9 Å². The predicted octanol–water partition coefficient (Wildman–Crippen LogP) is 1.49. The first-order chi connectivity index (χ1) is 10.3. The molecule has 2 aliphatic heterocycles. The Morgan fingerprint density at radius 1 is 1.23 bits per heavy atom. The molecule has 0 unspecified atom stereocenters. The number of likely N-dealkylation sites (tertiary alicyclic amines) is 1. The van der Waals surface area contributed by atoms with Crippen molar-refractivity contribution in [1.29, 1.82) is 0 Å². The maximum Gasteiger partial charge on any atom is 0.345 e. The van der Waals surface area contributed by atoms with E-state index in [0.29, 0.717) is 31.5 Å². The smallest absolute Gasteiger partial charge is 0.345 e. The summed E-state index contributed by atoms with van der Waals surface area (Å²) in [5.41, 5.74) is 0.329. The Balaban J connectivity index is 1.69. The molecule has 6 nitrogen and oxygen atoms in total. The van der Waals surface area contributed by atoms with Crippen LogP contribution in [0.25, 0.3) is 0 Å². The van der Waals surface area contributed by atoms with Crippen LogP contribution in [0.5, 0.6) is 0 Å². The summed E-state index contributed by atoms with van der Waals surface area (Å²) >= 11 is 1.05. The fraction of sp³-hybridized carbons (Fsp3) is 0.571. The minimum atomic E-state index is -2.91. The van der Waals surface area contributed by atoms with Crippen molar-refractivity contribution in [3.63, 3.8) is 0 Å². The van der Waals surface area contributed by atoms with Crippen LogP contribution in [0.1, 0.15) is 39.3 Å². The Bertz CT molecular complexity index is 707. The number of amides is 1. The first-order valence-corrected chi connectivity index (χ1v) is 9.82. The largest absolute Gasteiger partial charge is 0.477 e. The van der Waals surface area contributed by atoms with Gasteiger partial charge in [-0.15, -0.1) is 11.3 Å². The summed E-state index contributed by atoms with van der Waals surface area (Å²) in [4.78, 5) is 25.2. The van der Waals surface area contributed by atoms with Gasteiger partial charge in [0.15, 0.2) is 0 Å². The third-order valence-electron chi connectivity index (χ3n) is 4.67. The van der Waals surface area contributed by atoms with Gasteiger partial charge in [0.25, 0.3) is 5.91 Å². The van der Waals surface area contributed by atoms with Crippen LogP contribution in [0, 0.1) is 5.41 Å². The van der Waals surface area contributed by atoms with Crippen LogP contribution in [0.3, 0.4) is 0 Å². The van der Waals surface area contributed by atoms with Gasteiger partial charge < -0.3 is 10.0 Å². The molecule has 3 rings (SSSR count). The fourth-order valence-corrected chi connectivity index (χ4v) is 5.64. The van der Waals surface area contributed by atoms with Crippen LogP contribution in [0.2, 0.25) is 0 Å². The lowest BCUT2D eigenvalue weighted by atomic mass is 9.81. The number of thiophene rings is 1. The molecule has 0 atom stereocenters. The molecule has 1 aromatic heterocycles. The van der Waals surface area contributed by atoms with Crippen LogP contribution >= 0.6 is 11.3 Å². The monoisotopic (exact) mass is 343 g/mol. The molecule has 1 spiro atoms. The summed E-state index contributed by atoms with van der Waals surface area (Å²) in [5, 5.41) is 10.5. The van der Waals surface area contributed by atoms with Gasteiger partial charge in [0.05, 0.1) is 17.1 Å². The predicted molar refractivity (Wildman–Crippen MR) is 82.1 cm³/mol. The van der Waals surface area contributed by atoms with Crippen LogP contribution < -0.4 is 0 Å². The molecule has 0 radical (unpaired) electrons. The SMILES string of the molecule is O=C(O)c1cc(C(=O)N2CCC3(CCS(=O)(=O)CC3)C2)cs1. The number of hydrogen-bond acceptors (Lipinski definition) is 5. The number of carbonyl (C=O) groups is 2. The van der Waals surface area contributed by atoms with Gasteiger partial charge in [0, 0.05) is 18.5 Å². The second-order valence-corrected chi connectivity index (χ2v) is 9.35. The lowest BCUT2D eigenvalue weighted by molar-refractivity contribution is 0.0702. The van der Waals surface area contributed by atoms with E-state index in [-0.39, 0.29) is 27.7 Å². The second kappa shape index (κ2) is 5.34. The molecule has 8 heteroatoms. The summed E-state index contributed by atoms with van der Waals surface area (Å²) in [6.07, 6.45) is 2.05. The number of carboxylic acid groups (broad SMARTS) is 1. The number of aromatic carboxylic acids is 1. The number of nitrogens with zero attached hydrogens (tertiary/aromatic N) is 1. The molecule has 0 aromatic carbocycles. The molecule has 1 N–H and O–H groups in total. The van der Waals surface area contributed by atoms with Gasteiger partial charge in [-0.3, -0.25) is 4.79 Å². The van der Waals surface area contributed by atoms with Crippen molar-refractivity contribution in [1.82, 2.24) is 4.90 Å². The van der Waals surface area contributed by atoms with E-state index in [0.717, 1.165) is 17.8 Å². The Morgan fingerprint density at radius 3 is 2.50 bits per heavy atom. The van der Waals surface area contributed by atoms with Crippen LogP contribution in [-0.2, 0) is 9.84 Å². The highest BCUT2D eigenvalue weighted by Gasteiger charge is 2.43. The average molecular weight is 343 g/mol. The number of sulfone groups is 1. The van der Waals surface area contributed by atoms with E-state index in [4.69, 9.17) is 5.11 Å². The van der Waals surface area contributed by atoms with Crippen molar-refractivity contribution >= 4 is 33.1 Å². The molecule has 3 heterocycles. The van der Waals surface area contributed by atoms with Crippen molar-refractivity contribution in [2.75, 3.05) is 24.6 Å². The van der Waals surface area contributed by atoms with E-state index in [9.17, 15) is 18.0 Å². The molecule has 0 bridgehead atoms. The van der Waals surface area contributed by atoms with Gasteiger partial charge in [-0.05, 0) is 30.7 Å². The molecule has 2 saturated heterocycles. The van der Waals surface area contributed by atoms with Gasteiger partial charge in [0.2, 0.25) is 0 Å². The number of carbonyl (C=O) groups excluding carboxylic acids is 1.